The van der Waals surface area contributed by atoms with Gasteiger partial charge in [-0.2, -0.15) is 5.26 Å². The van der Waals surface area contributed by atoms with Crippen molar-refractivity contribution in [2.75, 3.05) is 12.3 Å². The Morgan fingerprint density at radius 2 is 2.19 bits per heavy atom. The molecule has 6 heteroatoms. The Bertz CT molecular complexity index is 302. The van der Waals surface area contributed by atoms with Crippen LogP contribution in [0.3, 0.4) is 0 Å². The number of nitrogens with zero attached hydrogens (tertiary/aromatic N) is 2. The molecule has 0 fully saturated rings. The molecule has 0 aromatic heterocycles. The minimum Gasteiger partial charge on any atom is -0.459 e. The van der Waals surface area contributed by atoms with Crippen LogP contribution in [0.5, 0.6) is 0 Å². The number of thioether (sulfide) groups is 1. The zero-order valence-electron chi connectivity index (χ0n) is 10.0. The molecule has 1 N–H and O–H groups in total. The normalized spacial score (nSPS) is 11.8. The molecule has 0 saturated carbocycles. The fourth-order valence-corrected chi connectivity index (χ4v) is 1.46. The van der Waals surface area contributed by atoms with Crippen molar-refractivity contribution in [1.82, 2.24) is 5.32 Å². The SMILES string of the molecule is CCN=C(NC#N)SCC(=O)OC(C)(C)C. The van der Waals surface area contributed by atoms with Crippen molar-refractivity contribution >= 4 is 22.9 Å². The fraction of sp³-hybridized carbons (Fsp3) is 0.700. The van der Waals surface area contributed by atoms with E-state index >= 15 is 0 Å². The Kier molecular flexibility index (Phi) is 6.58. The number of hydrogen-bond donors (Lipinski definition) is 1. The van der Waals surface area contributed by atoms with Crippen LogP contribution in [0, 0.1) is 11.5 Å². The molecule has 0 heterocycles. The molecule has 0 aliphatic carbocycles. The third-order valence-corrected chi connectivity index (χ3v) is 2.10. The quantitative estimate of drug-likeness (QED) is 0.267. The predicted molar refractivity (Wildman–Crippen MR) is 65.0 cm³/mol. The molecular formula is C10H17N3O2S. The van der Waals surface area contributed by atoms with Crippen LogP contribution < -0.4 is 5.32 Å². The van der Waals surface area contributed by atoms with E-state index < -0.39 is 5.60 Å². The first-order valence-electron chi connectivity index (χ1n) is 4.93. The molecule has 0 bridgehead atoms. The first-order valence-corrected chi connectivity index (χ1v) is 5.91. The van der Waals surface area contributed by atoms with Gasteiger partial charge in [0, 0.05) is 6.54 Å². The summed E-state index contributed by atoms with van der Waals surface area (Å²) in [6, 6.07) is 0. The van der Waals surface area contributed by atoms with Gasteiger partial charge in [0.2, 0.25) is 0 Å². The molecule has 0 aliphatic rings. The van der Waals surface area contributed by atoms with Crippen molar-refractivity contribution in [3.63, 3.8) is 0 Å². The standard InChI is InChI=1S/C10H17N3O2S/c1-5-12-9(13-7-11)16-6-8(14)15-10(2,3)4/h5-6H2,1-4H3,(H,12,13). The lowest BCUT2D eigenvalue weighted by Gasteiger charge is -2.19. The molecule has 0 unspecified atom stereocenters. The van der Waals surface area contributed by atoms with Gasteiger partial charge in [-0.15, -0.1) is 0 Å². The van der Waals surface area contributed by atoms with Crippen LogP contribution in [0.4, 0.5) is 0 Å². The highest BCUT2D eigenvalue weighted by molar-refractivity contribution is 8.14. The number of nitriles is 1. The third kappa shape index (κ3) is 8.12. The Morgan fingerprint density at radius 3 is 2.62 bits per heavy atom. The summed E-state index contributed by atoms with van der Waals surface area (Å²) in [6.45, 7) is 7.84. The summed E-state index contributed by atoms with van der Waals surface area (Å²) in [6.07, 6.45) is 1.77. The second kappa shape index (κ2) is 7.12. The van der Waals surface area contributed by atoms with Crippen molar-refractivity contribution in [3.05, 3.63) is 0 Å². The van der Waals surface area contributed by atoms with Crippen LogP contribution in [0.25, 0.3) is 0 Å². The van der Waals surface area contributed by atoms with Gasteiger partial charge in [0.15, 0.2) is 11.4 Å². The van der Waals surface area contributed by atoms with E-state index in [1.165, 1.54) is 0 Å². The number of ether oxygens (including phenoxy) is 1. The lowest BCUT2D eigenvalue weighted by atomic mass is 10.2. The number of rotatable bonds is 3. The second-order valence-corrected chi connectivity index (χ2v) is 4.86. The lowest BCUT2D eigenvalue weighted by molar-refractivity contribution is -0.151. The van der Waals surface area contributed by atoms with E-state index in [-0.39, 0.29) is 11.7 Å². The van der Waals surface area contributed by atoms with Crippen molar-refractivity contribution in [3.8, 4) is 6.19 Å². The van der Waals surface area contributed by atoms with Crippen molar-refractivity contribution in [2.45, 2.75) is 33.3 Å². The van der Waals surface area contributed by atoms with Gasteiger partial charge in [0.25, 0.3) is 0 Å². The van der Waals surface area contributed by atoms with Crippen molar-refractivity contribution in [2.24, 2.45) is 4.99 Å². The Morgan fingerprint density at radius 1 is 1.56 bits per heavy atom. The van der Waals surface area contributed by atoms with Crippen LogP contribution in [0.15, 0.2) is 4.99 Å². The van der Waals surface area contributed by atoms with Crippen LogP contribution in [-0.2, 0) is 9.53 Å². The largest absolute Gasteiger partial charge is 0.459 e. The monoisotopic (exact) mass is 243 g/mol. The molecule has 0 saturated heterocycles. The zero-order valence-corrected chi connectivity index (χ0v) is 10.8. The highest BCUT2D eigenvalue weighted by atomic mass is 32.2. The smallest absolute Gasteiger partial charge is 0.316 e. The van der Waals surface area contributed by atoms with Gasteiger partial charge in [-0.25, -0.2) is 0 Å². The Hall–Kier alpha value is -1.22. The van der Waals surface area contributed by atoms with Crippen LogP contribution in [0.2, 0.25) is 0 Å². The number of esters is 1. The third-order valence-electron chi connectivity index (χ3n) is 1.21. The molecule has 0 spiro atoms. The van der Waals surface area contributed by atoms with Gasteiger partial charge >= 0.3 is 5.97 Å². The average Bonchev–Trinajstić information content (AvgIpc) is 2.12. The van der Waals surface area contributed by atoms with Crippen LogP contribution >= 0.6 is 11.8 Å². The number of nitrogens with one attached hydrogen (secondary N) is 1. The highest BCUT2D eigenvalue weighted by Gasteiger charge is 2.16. The number of amidine groups is 1. The topological polar surface area (TPSA) is 74.5 Å². The maximum absolute atomic E-state index is 11.4. The summed E-state index contributed by atoms with van der Waals surface area (Å²) < 4.78 is 5.12. The van der Waals surface area contributed by atoms with E-state index in [9.17, 15) is 4.79 Å². The summed E-state index contributed by atoms with van der Waals surface area (Å²) in [4.78, 5) is 15.4. The van der Waals surface area contributed by atoms with E-state index in [0.717, 1.165) is 11.8 Å². The first kappa shape index (κ1) is 14.8. The Labute approximate surface area is 100 Å². The van der Waals surface area contributed by atoms with Crippen LogP contribution in [0.1, 0.15) is 27.7 Å². The summed E-state index contributed by atoms with van der Waals surface area (Å²) in [7, 11) is 0. The van der Waals surface area contributed by atoms with E-state index in [0.29, 0.717) is 11.7 Å². The summed E-state index contributed by atoms with van der Waals surface area (Å²) in [5.74, 6) is -0.175. The van der Waals surface area contributed by atoms with Gasteiger partial charge < -0.3 is 4.74 Å². The number of hydrogen-bond acceptors (Lipinski definition) is 5. The summed E-state index contributed by atoms with van der Waals surface area (Å²) >= 11 is 1.16. The molecule has 5 nitrogen and oxygen atoms in total. The van der Waals surface area contributed by atoms with Crippen molar-refractivity contribution < 1.29 is 9.53 Å². The van der Waals surface area contributed by atoms with Gasteiger partial charge in [0.1, 0.15) is 5.60 Å². The van der Waals surface area contributed by atoms with Crippen LogP contribution in [-0.4, -0.2) is 29.0 Å². The molecule has 90 valence electrons. The molecule has 0 atom stereocenters. The minimum absolute atomic E-state index is 0.144. The highest BCUT2D eigenvalue weighted by Crippen LogP contribution is 2.10. The van der Waals surface area contributed by atoms with Gasteiger partial charge in [-0.1, -0.05) is 11.8 Å². The molecule has 0 rings (SSSR count). The lowest BCUT2D eigenvalue weighted by Crippen LogP contribution is -2.26. The zero-order chi connectivity index (χ0) is 12.6. The molecule has 0 amide bonds. The number of carbonyl (C=O) groups is 1. The minimum atomic E-state index is -0.484. The molecule has 0 radical (unpaired) electrons. The van der Waals surface area contributed by atoms with E-state index in [2.05, 4.69) is 10.3 Å². The number of carbonyl (C=O) groups excluding carboxylic acids is 1. The van der Waals surface area contributed by atoms with E-state index in [1.807, 2.05) is 27.7 Å². The summed E-state index contributed by atoms with van der Waals surface area (Å²) in [5, 5.41) is 11.3. The predicted octanol–water partition coefficient (Wildman–Crippen LogP) is 1.51. The van der Waals surface area contributed by atoms with Gasteiger partial charge in [0.05, 0.1) is 5.75 Å². The molecule has 0 aromatic carbocycles. The number of aliphatic imine (C=N–C) groups is 1. The fourth-order valence-electron chi connectivity index (χ4n) is 0.811. The maximum Gasteiger partial charge on any atom is 0.316 e. The second-order valence-electron chi connectivity index (χ2n) is 3.89. The average molecular weight is 243 g/mol. The summed E-state index contributed by atoms with van der Waals surface area (Å²) in [5.41, 5.74) is -0.484. The maximum atomic E-state index is 11.4. The van der Waals surface area contributed by atoms with Gasteiger partial charge in [-0.05, 0) is 27.7 Å². The van der Waals surface area contributed by atoms with E-state index in [1.54, 1.807) is 6.19 Å². The Balaban J connectivity index is 4.08. The first-order chi connectivity index (χ1) is 7.39. The van der Waals surface area contributed by atoms with E-state index in [4.69, 9.17) is 10.00 Å². The van der Waals surface area contributed by atoms with Crippen molar-refractivity contribution in [1.29, 1.82) is 5.26 Å². The molecule has 0 aromatic rings. The molecule has 16 heavy (non-hydrogen) atoms. The van der Waals surface area contributed by atoms with Gasteiger partial charge in [-0.3, -0.25) is 15.1 Å². The molecular weight excluding hydrogens is 226 g/mol. The molecule has 0 aliphatic heterocycles.